The van der Waals surface area contributed by atoms with Gasteiger partial charge in [-0.1, -0.05) is 36.7 Å². The molecule has 2 aromatic carbocycles. The van der Waals surface area contributed by atoms with E-state index in [1.807, 2.05) is 43.3 Å². The molecule has 0 bridgehead atoms. The van der Waals surface area contributed by atoms with E-state index in [0.717, 1.165) is 34.4 Å². The van der Waals surface area contributed by atoms with Gasteiger partial charge in [0.1, 0.15) is 6.61 Å². The molecule has 0 fully saturated rings. The summed E-state index contributed by atoms with van der Waals surface area (Å²) in [7, 11) is 0. The fourth-order valence-corrected chi connectivity index (χ4v) is 2.96. The van der Waals surface area contributed by atoms with E-state index in [1.165, 1.54) is 0 Å². The van der Waals surface area contributed by atoms with Gasteiger partial charge in [0.05, 0.1) is 11.1 Å². The van der Waals surface area contributed by atoms with Gasteiger partial charge in [0.2, 0.25) is 0 Å². The fraction of sp³-hybridized carbons (Fsp3) is 0.333. The number of halogens is 2. The summed E-state index contributed by atoms with van der Waals surface area (Å²) >= 11 is 9.77. The summed E-state index contributed by atoms with van der Waals surface area (Å²) in [5.74, 6) is 1.44. The van der Waals surface area contributed by atoms with Gasteiger partial charge in [-0.2, -0.15) is 0 Å². The van der Waals surface area contributed by atoms with Gasteiger partial charge in [0.25, 0.3) is 0 Å². The van der Waals surface area contributed by atoms with E-state index >= 15 is 0 Å². The quantitative estimate of drug-likeness (QED) is 0.664. The van der Waals surface area contributed by atoms with Gasteiger partial charge in [-0.15, -0.1) is 0 Å². The highest BCUT2D eigenvalue weighted by Crippen LogP contribution is 2.37. The molecule has 0 aliphatic heterocycles. The Balaban J connectivity index is 2.20. The number of rotatable bonds is 8. The summed E-state index contributed by atoms with van der Waals surface area (Å²) in [4.78, 5) is 0. The maximum Gasteiger partial charge on any atom is 0.175 e. The van der Waals surface area contributed by atoms with Gasteiger partial charge in [0.15, 0.2) is 11.5 Å². The Morgan fingerprint density at radius 2 is 1.91 bits per heavy atom. The van der Waals surface area contributed by atoms with Gasteiger partial charge >= 0.3 is 0 Å². The van der Waals surface area contributed by atoms with Crippen LogP contribution in [0.15, 0.2) is 40.9 Å². The van der Waals surface area contributed by atoms with Crippen molar-refractivity contribution >= 4 is 27.5 Å². The molecule has 3 nitrogen and oxygen atoms in total. The maximum atomic E-state index is 6.18. The molecular formula is C18H21BrClNO2. The minimum atomic E-state index is 0.394. The number of benzene rings is 2. The molecular weight excluding hydrogens is 378 g/mol. The summed E-state index contributed by atoms with van der Waals surface area (Å²) in [5, 5.41) is 4.01. The van der Waals surface area contributed by atoms with E-state index in [2.05, 4.69) is 28.2 Å². The predicted molar refractivity (Wildman–Crippen MR) is 98.5 cm³/mol. The fourth-order valence-electron chi connectivity index (χ4n) is 2.16. The molecule has 5 heteroatoms. The minimum absolute atomic E-state index is 0.394. The predicted octanol–water partition coefficient (Wildman–Crippen LogP) is 5.19. The number of hydrogen-bond acceptors (Lipinski definition) is 3. The Bertz CT molecular complexity index is 649. The third-order valence-corrected chi connectivity index (χ3v) is 4.24. The highest BCUT2D eigenvalue weighted by Gasteiger charge is 2.13. The van der Waals surface area contributed by atoms with Crippen LogP contribution in [0.2, 0.25) is 5.02 Å². The van der Waals surface area contributed by atoms with Crippen LogP contribution in [0.4, 0.5) is 0 Å². The topological polar surface area (TPSA) is 30.5 Å². The van der Waals surface area contributed by atoms with Crippen molar-refractivity contribution in [1.29, 1.82) is 0 Å². The SMILES string of the molecule is CCNCc1cc(Br)c(OCc2ccccc2Cl)c(OCC)c1. The lowest BCUT2D eigenvalue weighted by Gasteiger charge is -2.16. The monoisotopic (exact) mass is 397 g/mol. The van der Waals surface area contributed by atoms with Crippen LogP contribution in [0.3, 0.4) is 0 Å². The highest BCUT2D eigenvalue weighted by atomic mass is 79.9. The number of nitrogens with one attached hydrogen (secondary N) is 1. The standard InChI is InChI=1S/C18H21BrClNO2/c1-3-21-11-13-9-15(19)18(17(10-13)22-4-2)23-12-14-7-5-6-8-16(14)20/h5-10,21H,3-4,11-12H2,1-2H3. The summed E-state index contributed by atoms with van der Waals surface area (Å²) in [5.41, 5.74) is 2.09. The van der Waals surface area contributed by atoms with Gasteiger partial charge in [-0.05, 0) is 53.2 Å². The first-order valence-corrected chi connectivity index (χ1v) is 8.85. The first kappa shape index (κ1) is 18.1. The van der Waals surface area contributed by atoms with Crippen molar-refractivity contribution in [2.75, 3.05) is 13.2 Å². The zero-order valence-electron chi connectivity index (χ0n) is 13.4. The molecule has 2 rings (SSSR count). The van der Waals surface area contributed by atoms with E-state index in [1.54, 1.807) is 0 Å². The second-order valence-electron chi connectivity index (χ2n) is 5.00. The van der Waals surface area contributed by atoms with Crippen molar-refractivity contribution in [1.82, 2.24) is 5.32 Å². The molecule has 0 heterocycles. The molecule has 2 aromatic rings. The summed E-state index contributed by atoms with van der Waals surface area (Å²) in [6.07, 6.45) is 0. The molecule has 124 valence electrons. The van der Waals surface area contributed by atoms with Gasteiger partial charge in [-0.25, -0.2) is 0 Å². The van der Waals surface area contributed by atoms with Crippen molar-refractivity contribution in [2.45, 2.75) is 27.0 Å². The third-order valence-electron chi connectivity index (χ3n) is 3.28. The van der Waals surface area contributed by atoms with Crippen LogP contribution in [-0.2, 0) is 13.2 Å². The second kappa shape index (κ2) is 9.16. The van der Waals surface area contributed by atoms with Crippen LogP contribution >= 0.6 is 27.5 Å². The normalized spacial score (nSPS) is 10.6. The second-order valence-corrected chi connectivity index (χ2v) is 6.26. The molecule has 0 radical (unpaired) electrons. The molecule has 0 spiro atoms. The van der Waals surface area contributed by atoms with E-state index in [4.69, 9.17) is 21.1 Å². The molecule has 0 aliphatic carbocycles. The van der Waals surface area contributed by atoms with E-state index < -0.39 is 0 Å². The average molecular weight is 399 g/mol. The average Bonchev–Trinajstić information content (AvgIpc) is 2.54. The molecule has 0 unspecified atom stereocenters. The van der Waals surface area contributed by atoms with Crippen LogP contribution in [0.1, 0.15) is 25.0 Å². The van der Waals surface area contributed by atoms with Crippen molar-refractivity contribution in [3.8, 4) is 11.5 Å². The van der Waals surface area contributed by atoms with Gasteiger partial charge in [-0.3, -0.25) is 0 Å². The third kappa shape index (κ3) is 5.13. The smallest absolute Gasteiger partial charge is 0.175 e. The van der Waals surface area contributed by atoms with Crippen molar-refractivity contribution in [3.63, 3.8) is 0 Å². The van der Waals surface area contributed by atoms with Gasteiger partial charge < -0.3 is 14.8 Å². The Morgan fingerprint density at radius 1 is 1.13 bits per heavy atom. The van der Waals surface area contributed by atoms with E-state index in [9.17, 15) is 0 Å². The molecule has 0 saturated carbocycles. The first-order chi connectivity index (χ1) is 11.2. The Kier molecular flexibility index (Phi) is 7.21. The zero-order chi connectivity index (χ0) is 16.7. The van der Waals surface area contributed by atoms with Crippen LogP contribution < -0.4 is 14.8 Å². The van der Waals surface area contributed by atoms with E-state index in [0.29, 0.717) is 24.0 Å². The van der Waals surface area contributed by atoms with E-state index in [-0.39, 0.29) is 0 Å². The van der Waals surface area contributed by atoms with Crippen molar-refractivity contribution < 1.29 is 9.47 Å². The van der Waals surface area contributed by atoms with Crippen LogP contribution in [0.5, 0.6) is 11.5 Å². The Hall–Kier alpha value is -1.23. The maximum absolute atomic E-state index is 6.18. The first-order valence-electron chi connectivity index (χ1n) is 7.67. The molecule has 1 N–H and O–H groups in total. The zero-order valence-corrected chi connectivity index (χ0v) is 15.7. The molecule has 0 aromatic heterocycles. The summed E-state index contributed by atoms with van der Waals surface area (Å²) in [6.45, 7) is 6.74. The van der Waals surface area contributed by atoms with Crippen LogP contribution in [0, 0.1) is 0 Å². The molecule has 0 aliphatic rings. The number of hydrogen-bond donors (Lipinski definition) is 1. The largest absolute Gasteiger partial charge is 0.490 e. The lowest BCUT2D eigenvalue weighted by molar-refractivity contribution is 0.267. The Labute approximate surface area is 151 Å². The minimum Gasteiger partial charge on any atom is -0.490 e. The highest BCUT2D eigenvalue weighted by molar-refractivity contribution is 9.10. The van der Waals surface area contributed by atoms with Crippen molar-refractivity contribution in [2.24, 2.45) is 0 Å². The summed E-state index contributed by atoms with van der Waals surface area (Å²) in [6, 6.07) is 11.7. The molecule has 23 heavy (non-hydrogen) atoms. The van der Waals surface area contributed by atoms with Crippen molar-refractivity contribution in [3.05, 3.63) is 57.0 Å². The van der Waals surface area contributed by atoms with Gasteiger partial charge in [0, 0.05) is 17.1 Å². The molecule has 0 saturated heterocycles. The lowest BCUT2D eigenvalue weighted by atomic mass is 10.2. The van der Waals surface area contributed by atoms with Crippen LogP contribution in [0.25, 0.3) is 0 Å². The number of ether oxygens (including phenoxy) is 2. The molecule has 0 atom stereocenters. The molecule has 0 amide bonds. The Morgan fingerprint density at radius 3 is 2.61 bits per heavy atom. The lowest BCUT2D eigenvalue weighted by Crippen LogP contribution is -2.12. The summed E-state index contributed by atoms with van der Waals surface area (Å²) < 4.78 is 12.6. The van der Waals surface area contributed by atoms with Crippen LogP contribution in [-0.4, -0.2) is 13.2 Å².